The van der Waals surface area contributed by atoms with E-state index in [1.54, 1.807) is 26.6 Å². The minimum atomic E-state index is 0.0806. The molecule has 0 spiro atoms. The number of hydrogen-bond acceptors (Lipinski definition) is 6. The molecule has 1 aliphatic carbocycles. The van der Waals surface area contributed by atoms with Gasteiger partial charge in [0.05, 0.1) is 48.6 Å². The number of carbonyl (C=O) groups excluding carboxylic acids is 1. The molecule has 1 fully saturated rings. The first-order chi connectivity index (χ1) is 13.7. The highest BCUT2D eigenvalue weighted by atomic mass is 32.1. The van der Waals surface area contributed by atoms with Gasteiger partial charge < -0.3 is 14.8 Å². The minimum absolute atomic E-state index is 0.0806. The van der Waals surface area contributed by atoms with Crippen molar-refractivity contribution in [3.63, 3.8) is 0 Å². The quantitative estimate of drug-likeness (QED) is 0.631. The van der Waals surface area contributed by atoms with Crippen molar-refractivity contribution in [2.75, 3.05) is 19.5 Å². The molecule has 0 aliphatic heterocycles. The first kappa shape index (κ1) is 18.4. The Bertz CT molecular complexity index is 998. The molecule has 6 nitrogen and oxygen atoms in total. The number of amides is 1. The number of methoxy groups -OCH3 is 2. The van der Waals surface area contributed by atoms with Crippen LogP contribution in [0.25, 0.3) is 21.8 Å². The number of carbonyl (C=O) groups is 1. The number of rotatable bonds is 7. The molecule has 0 atom stereocenters. The average Bonchev–Trinajstić information content (AvgIpc) is 3.41. The third kappa shape index (κ3) is 4.14. The molecule has 0 bridgehead atoms. The molecule has 144 valence electrons. The predicted octanol–water partition coefficient (Wildman–Crippen LogP) is 4.63. The van der Waals surface area contributed by atoms with Crippen LogP contribution in [0.3, 0.4) is 0 Å². The summed E-state index contributed by atoms with van der Waals surface area (Å²) in [5, 5.41) is 4.91. The molecule has 1 N–H and O–H groups in total. The van der Waals surface area contributed by atoms with E-state index in [0.717, 1.165) is 27.5 Å². The smallest absolute Gasteiger partial charge is 0.224 e. The van der Waals surface area contributed by atoms with Crippen LogP contribution < -0.4 is 14.8 Å². The highest BCUT2D eigenvalue weighted by molar-refractivity contribution is 7.14. The Kier molecular flexibility index (Phi) is 5.25. The molecule has 0 radical (unpaired) electrons. The maximum absolute atomic E-state index is 12.0. The van der Waals surface area contributed by atoms with E-state index in [9.17, 15) is 4.79 Å². The summed E-state index contributed by atoms with van der Waals surface area (Å²) in [6.07, 6.45) is 6.39. The van der Waals surface area contributed by atoms with E-state index in [2.05, 4.69) is 10.3 Å². The molecule has 3 aromatic rings. The monoisotopic (exact) mass is 395 g/mol. The van der Waals surface area contributed by atoms with E-state index in [1.807, 2.05) is 29.6 Å². The van der Waals surface area contributed by atoms with Crippen LogP contribution in [0.2, 0.25) is 0 Å². The number of anilines is 1. The molecular formula is C21H21N3O3S. The second kappa shape index (κ2) is 7.98. The number of nitrogens with one attached hydrogen (secondary N) is 1. The first-order valence-corrected chi connectivity index (χ1v) is 9.97. The Morgan fingerprint density at radius 2 is 1.93 bits per heavy atom. The fraction of sp³-hybridized carbons (Fsp3) is 0.286. The Morgan fingerprint density at radius 1 is 1.14 bits per heavy atom. The molecule has 0 unspecified atom stereocenters. The minimum Gasteiger partial charge on any atom is -0.493 e. The summed E-state index contributed by atoms with van der Waals surface area (Å²) in [6, 6.07) is 7.59. The van der Waals surface area contributed by atoms with Gasteiger partial charge in [-0.1, -0.05) is 0 Å². The third-order valence-corrected chi connectivity index (χ3v) is 5.57. The van der Waals surface area contributed by atoms with Crippen molar-refractivity contribution in [2.24, 2.45) is 5.92 Å². The fourth-order valence-corrected chi connectivity index (χ4v) is 3.75. The molecule has 4 rings (SSSR count). The van der Waals surface area contributed by atoms with Gasteiger partial charge in [-0.25, -0.2) is 4.98 Å². The van der Waals surface area contributed by atoms with Crippen LogP contribution >= 0.6 is 11.3 Å². The standard InChI is InChI=1S/C21H21N3O3S/c1-26-18-6-5-14(8-19(18)27-2)16-10-22-11-17(24-16)20-9-15(12-28-20)23-21(25)7-13-3-4-13/h5-6,8-13H,3-4,7H2,1-2H3,(H,23,25). The summed E-state index contributed by atoms with van der Waals surface area (Å²) in [5.41, 5.74) is 3.21. The summed E-state index contributed by atoms with van der Waals surface area (Å²) in [4.78, 5) is 22.0. The fourth-order valence-electron chi connectivity index (χ4n) is 2.95. The summed E-state index contributed by atoms with van der Waals surface area (Å²) < 4.78 is 10.7. The van der Waals surface area contributed by atoms with Gasteiger partial charge in [0.2, 0.25) is 5.91 Å². The molecule has 2 aromatic heterocycles. The number of nitrogens with zero attached hydrogens (tertiary/aromatic N) is 2. The molecular weight excluding hydrogens is 374 g/mol. The van der Waals surface area contributed by atoms with Crippen LogP contribution in [0, 0.1) is 5.92 Å². The van der Waals surface area contributed by atoms with Gasteiger partial charge in [-0.15, -0.1) is 11.3 Å². The van der Waals surface area contributed by atoms with Crippen LogP contribution in [0.5, 0.6) is 11.5 Å². The Labute approximate surface area is 167 Å². The number of hydrogen-bond donors (Lipinski definition) is 1. The van der Waals surface area contributed by atoms with Crippen LogP contribution in [-0.2, 0) is 4.79 Å². The molecule has 28 heavy (non-hydrogen) atoms. The lowest BCUT2D eigenvalue weighted by atomic mass is 10.1. The Hall–Kier alpha value is -2.93. The van der Waals surface area contributed by atoms with Crippen molar-refractivity contribution < 1.29 is 14.3 Å². The van der Waals surface area contributed by atoms with Gasteiger partial charge in [0, 0.05) is 17.4 Å². The lowest BCUT2D eigenvalue weighted by Gasteiger charge is -2.09. The van der Waals surface area contributed by atoms with E-state index >= 15 is 0 Å². The van der Waals surface area contributed by atoms with Crippen LogP contribution in [0.1, 0.15) is 19.3 Å². The van der Waals surface area contributed by atoms with Crippen molar-refractivity contribution in [1.82, 2.24) is 9.97 Å². The lowest BCUT2D eigenvalue weighted by Crippen LogP contribution is -2.11. The topological polar surface area (TPSA) is 73.3 Å². The van der Waals surface area contributed by atoms with Crippen molar-refractivity contribution >= 4 is 22.9 Å². The van der Waals surface area contributed by atoms with E-state index < -0.39 is 0 Å². The molecule has 0 saturated heterocycles. The van der Waals surface area contributed by atoms with Gasteiger partial charge in [0.25, 0.3) is 0 Å². The zero-order valence-corrected chi connectivity index (χ0v) is 16.6. The maximum atomic E-state index is 12.0. The van der Waals surface area contributed by atoms with Crippen molar-refractivity contribution in [3.8, 4) is 33.3 Å². The Morgan fingerprint density at radius 3 is 2.68 bits per heavy atom. The van der Waals surface area contributed by atoms with E-state index in [4.69, 9.17) is 14.5 Å². The van der Waals surface area contributed by atoms with Gasteiger partial charge in [-0.05, 0) is 43.0 Å². The number of ether oxygens (including phenoxy) is 2. The largest absolute Gasteiger partial charge is 0.493 e. The zero-order chi connectivity index (χ0) is 19.5. The van der Waals surface area contributed by atoms with Crippen LogP contribution in [0.15, 0.2) is 42.0 Å². The number of thiophene rings is 1. The van der Waals surface area contributed by atoms with Crippen LogP contribution in [-0.4, -0.2) is 30.1 Å². The lowest BCUT2D eigenvalue weighted by molar-refractivity contribution is -0.116. The SMILES string of the molecule is COc1ccc(-c2cncc(-c3cc(NC(=O)CC4CC4)cs3)n2)cc1OC. The second-order valence-electron chi connectivity index (χ2n) is 6.75. The average molecular weight is 395 g/mol. The second-order valence-corrected chi connectivity index (χ2v) is 7.67. The third-order valence-electron chi connectivity index (χ3n) is 4.62. The summed E-state index contributed by atoms with van der Waals surface area (Å²) in [6.45, 7) is 0. The summed E-state index contributed by atoms with van der Waals surface area (Å²) in [5.74, 6) is 1.96. The van der Waals surface area contributed by atoms with Crippen LogP contribution in [0.4, 0.5) is 5.69 Å². The van der Waals surface area contributed by atoms with Crippen molar-refractivity contribution in [1.29, 1.82) is 0 Å². The molecule has 2 heterocycles. The van der Waals surface area contributed by atoms with Crippen molar-refractivity contribution in [2.45, 2.75) is 19.3 Å². The zero-order valence-electron chi connectivity index (χ0n) is 15.8. The van der Waals surface area contributed by atoms with Gasteiger partial charge in [0.15, 0.2) is 11.5 Å². The van der Waals surface area contributed by atoms with E-state index in [1.165, 1.54) is 24.2 Å². The summed E-state index contributed by atoms with van der Waals surface area (Å²) >= 11 is 1.53. The normalized spacial score (nSPS) is 13.2. The predicted molar refractivity (Wildman–Crippen MR) is 110 cm³/mol. The van der Waals surface area contributed by atoms with Gasteiger partial charge in [0.1, 0.15) is 0 Å². The van der Waals surface area contributed by atoms with Crippen molar-refractivity contribution in [3.05, 3.63) is 42.0 Å². The molecule has 1 amide bonds. The Balaban J connectivity index is 1.55. The van der Waals surface area contributed by atoms with E-state index in [0.29, 0.717) is 23.8 Å². The highest BCUT2D eigenvalue weighted by Gasteiger charge is 2.24. The maximum Gasteiger partial charge on any atom is 0.224 e. The molecule has 1 aliphatic rings. The number of benzene rings is 1. The van der Waals surface area contributed by atoms with Gasteiger partial charge in [-0.3, -0.25) is 9.78 Å². The first-order valence-electron chi connectivity index (χ1n) is 9.09. The number of aromatic nitrogens is 2. The van der Waals surface area contributed by atoms with Gasteiger partial charge in [-0.2, -0.15) is 0 Å². The molecule has 7 heteroatoms. The van der Waals surface area contributed by atoms with E-state index in [-0.39, 0.29) is 5.91 Å². The van der Waals surface area contributed by atoms with Gasteiger partial charge >= 0.3 is 0 Å². The molecule has 1 aromatic carbocycles. The summed E-state index contributed by atoms with van der Waals surface area (Å²) in [7, 11) is 3.21. The highest BCUT2D eigenvalue weighted by Crippen LogP contribution is 2.35. The molecule has 1 saturated carbocycles.